The number of aliphatic hydroxyl groups is 1. The van der Waals surface area contributed by atoms with Gasteiger partial charge in [0.05, 0.1) is 26.4 Å². The number of ether oxygens (including phenoxy) is 3. The number of nitrogens with zero attached hydrogens (tertiary/aromatic N) is 3. The van der Waals surface area contributed by atoms with E-state index in [1.165, 1.54) is 6.33 Å². The van der Waals surface area contributed by atoms with Crippen LogP contribution in [0.15, 0.2) is 79.1 Å². The van der Waals surface area contributed by atoms with Crippen molar-refractivity contribution in [2.75, 3.05) is 18.9 Å². The van der Waals surface area contributed by atoms with Crippen molar-refractivity contribution in [1.82, 2.24) is 14.6 Å². The maximum atomic E-state index is 11.6. The third kappa shape index (κ3) is 4.67. The molecule has 176 valence electrons. The number of rotatable bonds is 9. The van der Waals surface area contributed by atoms with Gasteiger partial charge in [0.15, 0.2) is 5.82 Å². The minimum Gasteiger partial charge on any atom is -0.382 e. The van der Waals surface area contributed by atoms with E-state index in [1.807, 2.05) is 60.7 Å². The topological polar surface area (TPSA) is 104 Å². The third-order valence-electron chi connectivity index (χ3n) is 6.14. The minimum atomic E-state index is -1.56. The van der Waals surface area contributed by atoms with Crippen molar-refractivity contribution in [2.24, 2.45) is 0 Å². The van der Waals surface area contributed by atoms with Gasteiger partial charge in [0.1, 0.15) is 23.1 Å². The van der Waals surface area contributed by atoms with E-state index in [0.29, 0.717) is 43.1 Å². The Bertz CT molecular complexity index is 1190. The van der Waals surface area contributed by atoms with Crippen molar-refractivity contribution in [2.45, 2.75) is 37.4 Å². The largest absolute Gasteiger partial charge is 0.382 e. The zero-order chi connectivity index (χ0) is 23.4. The molecule has 0 spiro atoms. The molecule has 2 aromatic carbocycles. The monoisotopic (exact) mass is 460 g/mol. The van der Waals surface area contributed by atoms with Crippen LogP contribution in [0.25, 0.3) is 5.52 Å². The molecule has 1 aliphatic heterocycles. The Labute approximate surface area is 197 Å². The molecular formula is C26H28N4O4. The molecule has 8 heteroatoms. The molecule has 4 aromatic rings. The van der Waals surface area contributed by atoms with Gasteiger partial charge in [-0.3, -0.25) is 0 Å². The highest BCUT2D eigenvalue weighted by Gasteiger charge is 2.51. The molecule has 8 nitrogen and oxygen atoms in total. The molecule has 3 N–H and O–H groups in total. The second-order valence-corrected chi connectivity index (χ2v) is 8.69. The Balaban J connectivity index is 1.34. The van der Waals surface area contributed by atoms with Gasteiger partial charge < -0.3 is 25.1 Å². The highest BCUT2D eigenvalue weighted by molar-refractivity contribution is 5.65. The standard InChI is InChI=1S/C26H28N4O4/c27-24-22-11-12-23(30(22)29-19-28-24)26(31)14-13-25(34-26,17-32-15-20-7-3-1-4-8-20)18-33-16-21-9-5-2-6-10-21/h1-12,19,31H,13-18H2,(H2,27,28,29). The minimum absolute atomic E-state index is 0.277. The van der Waals surface area contributed by atoms with Gasteiger partial charge in [0, 0.05) is 6.42 Å². The Morgan fingerprint density at radius 3 is 2.12 bits per heavy atom. The number of nitrogen functional groups attached to an aromatic ring is 1. The Hall–Kier alpha value is -3.30. The molecule has 0 saturated carbocycles. The molecule has 3 heterocycles. The summed E-state index contributed by atoms with van der Waals surface area (Å²) in [5.74, 6) is -1.22. The lowest BCUT2D eigenvalue weighted by molar-refractivity contribution is -0.257. The number of anilines is 1. The van der Waals surface area contributed by atoms with E-state index in [1.54, 1.807) is 16.6 Å². The van der Waals surface area contributed by atoms with Crippen LogP contribution >= 0.6 is 0 Å². The van der Waals surface area contributed by atoms with Crippen LogP contribution in [0.2, 0.25) is 0 Å². The molecule has 2 aromatic heterocycles. The van der Waals surface area contributed by atoms with Crippen molar-refractivity contribution >= 4 is 11.3 Å². The van der Waals surface area contributed by atoms with Crippen LogP contribution < -0.4 is 5.73 Å². The van der Waals surface area contributed by atoms with Gasteiger partial charge in [-0.25, -0.2) is 9.50 Å². The second kappa shape index (κ2) is 9.52. The van der Waals surface area contributed by atoms with Crippen molar-refractivity contribution in [3.05, 3.63) is 95.9 Å². The van der Waals surface area contributed by atoms with Crippen LogP contribution in [0, 0.1) is 0 Å². The van der Waals surface area contributed by atoms with Gasteiger partial charge in [0.25, 0.3) is 0 Å². The van der Waals surface area contributed by atoms with Crippen LogP contribution in [0.5, 0.6) is 0 Å². The van der Waals surface area contributed by atoms with Crippen LogP contribution in [0.1, 0.15) is 29.7 Å². The smallest absolute Gasteiger partial charge is 0.210 e. The van der Waals surface area contributed by atoms with Gasteiger partial charge >= 0.3 is 0 Å². The fourth-order valence-electron chi connectivity index (χ4n) is 4.39. The summed E-state index contributed by atoms with van der Waals surface area (Å²) in [6.07, 6.45) is 2.29. The van der Waals surface area contributed by atoms with Gasteiger partial charge in [-0.2, -0.15) is 5.10 Å². The van der Waals surface area contributed by atoms with E-state index >= 15 is 0 Å². The van der Waals surface area contributed by atoms with E-state index in [2.05, 4.69) is 10.1 Å². The molecule has 1 unspecified atom stereocenters. The molecule has 0 aliphatic carbocycles. The van der Waals surface area contributed by atoms with Crippen LogP contribution in [0.4, 0.5) is 5.82 Å². The summed E-state index contributed by atoms with van der Waals surface area (Å²) in [6.45, 7) is 1.45. The molecule has 0 amide bonds. The van der Waals surface area contributed by atoms with E-state index in [0.717, 1.165) is 11.1 Å². The SMILES string of the molecule is Nc1ncnn2c(C3(O)CCC(COCc4ccccc4)(COCc4ccccc4)O3)ccc12. The number of hydrogen-bond donors (Lipinski definition) is 2. The predicted octanol–water partition coefficient (Wildman–Crippen LogP) is 3.44. The summed E-state index contributed by atoms with van der Waals surface area (Å²) < 4.78 is 20.1. The van der Waals surface area contributed by atoms with Crippen LogP contribution in [0.3, 0.4) is 0 Å². The van der Waals surface area contributed by atoms with E-state index in [4.69, 9.17) is 19.9 Å². The van der Waals surface area contributed by atoms with Crippen LogP contribution in [-0.2, 0) is 33.2 Å². The number of hydrogen-bond acceptors (Lipinski definition) is 7. The van der Waals surface area contributed by atoms with Gasteiger partial charge in [-0.1, -0.05) is 60.7 Å². The Morgan fingerprint density at radius 1 is 0.882 bits per heavy atom. The summed E-state index contributed by atoms with van der Waals surface area (Å²) in [6, 6.07) is 23.5. The molecule has 1 saturated heterocycles. The second-order valence-electron chi connectivity index (χ2n) is 8.69. The first-order valence-corrected chi connectivity index (χ1v) is 11.3. The summed E-state index contributed by atoms with van der Waals surface area (Å²) in [5, 5.41) is 15.8. The van der Waals surface area contributed by atoms with E-state index < -0.39 is 11.4 Å². The first-order chi connectivity index (χ1) is 16.6. The number of nitrogens with two attached hydrogens (primary N) is 1. The number of fused-ring (bicyclic) bond motifs is 1. The van der Waals surface area contributed by atoms with Crippen LogP contribution in [-0.4, -0.2) is 38.5 Å². The highest BCUT2D eigenvalue weighted by atomic mass is 16.7. The molecule has 0 radical (unpaired) electrons. The summed E-state index contributed by atoms with van der Waals surface area (Å²) in [5.41, 5.74) is 8.42. The number of benzene rings is 2. The van der Waals surface area contributed by atoms with Crippen molar-refractivity contribution in [1.29, 1.82) is 0 Å². The average Bonchev–Trinajstić information content (AvgIpc) is 3.44. The molecule has 0 bridgehead atoms. The molecule has 34 heavy (non-hydrogen) atoms. The quantitative estimate of drug-likeness (QED) is 0.394. The normalized spacial score (nSPS) is 19.6. The Kier molecular flexibility index (Phi) is 6.30. The maximum absolute atomic E-state index is 11.6. The first kappa shape index (κ1) is 22.5. The fourth-order valence-corrected chi connectivity index (χ4v) is 4.39. The van der Waals surface area contributed by atoms with Crippen molar-refractivity contribution in [3.8, 4) is 0 Å². The molecular weight excluding hydrogens is 432 g/mol. The lowest BCUT2D eigenvalue weighted by atomic mass is 10.0. The third-order valence-corrected chi connectivity index (χ3v) is 6.14. The van der Waals surface area contributed by atoms with Gasteiger partial charge in [-0.15, -0.1) is 0 Å². The molecule has 5 rings (SSSR count). The predicted molar refractivity (Wildman–Crippen MR) is 127 cm³/mol. The molecule has 1 fully saturated rings. The fraction of sp³-hybridized carbons (Fsp3) is 0.308. The van der Waals surface area contributed by atoms with Gasteiger partial charge in [0.2, 0.25) is 5.79 Å². The zero-order valence-electron chi connectivity index (χ0n) is 18.8. The first-order valence-electron chi connectivity index (χ1n) is 11.3. The van der Waals surface area contributed by atoms with Crippen molar-refractivity contribution in [3.63, 3.8) is 0 Å². The van der Waals surface area contributed by atoms with E-state index in [-0.39, 0.29) is 13.2 Å². The number of aromatic nitrogens is 3. The van der Waals surface area contributed by atoms with Gasteiger partial charge in [-0.05, 0) is 29.7 Å². The lowest BCUT2D eigenvalue weighted by Gasteiger charge is -2.32. The highest BCUT2D eigenvalue weighted by Crippen LogP contribution is 2.44. The molecule has 1 atom stereocenters. The van der Waals surface area contributed by atoms with Crippen molar-refractivity contribution < 1.29 is 19.3 Å². The van der Waals surface area contributed by atoms with E-state index in [9.17, 15) is 5.11 Å². The summed E-state index contributed by atoms with van der Waals surface area (Å²) in [7, 11) is 0. The zero-order valence-corrected chi connectivity index (χ0v) is 18.8. The molecule has 1 aliphatic rings. The average molecular weight is 461 g/mol. The lowest BCUT2D eigenvalue weighted by Crippen LogP contribution is -2.42. The maximum Gasteiger partial charge on any atom is 0.210 e. The Morgan fingerprint density at radius 2 is 1.50 bits per heavy atom. The summed E-state index contributed by atoms with van der Waals surface area (Å²) in [4.78, 5) is 4.02. The summed E-state index contributed by atoms with van der Waals surface area (Å²) >= 11 is 0.